The highest BCUT2D eigenvalue weighted by atomic mass is 79.9. The van der Waals surface area contributed by atoms with Gasteiger partial charge in [-0.15, -0.1) is 0 Å². The highest BCUT2D eigenvalue weighted by molar-refractivity contribution is 9.10. The van der Waals surface area contributed by atoms with Gasteiger partial charge in [0.2, 0.25) is 0 Å². The topological polar surface area (TPSA) is 12.0 Å². The Kier molecular flexibility index (Phi) is 5.06. The molecule has 1 nitrogen and oxygen atoms in total. The van der Waals surface area contributed by atoms with Crippen molar-refractivity contribution >= 4 is 15.9 Å². The minimum absolute atomic E-state index is 0.00239. The summed E-state index contributed by atoms with van der Waals surface area (Å²) in [5.41, 5.74) is 0.822. The number of benzene rings is 2. The van der Waals surface area contributed by atoms with Crippen LogP contribution >= 0.6 is 15.9 Å². The zero-order valence-corrected chi connectivity index (χ0v) is 13.2. The van der Waals surface area contributed by atoms with E-state index in [1.54, 1.807) is 13.0 Å². The van der Waals surface area contributed by atoms with Gasteiger partial charge in [-0.1, -0.05) is 28.1 Å². The van der Waals surface area contributed by atoms with Gasteiger partial charge in [-0.3, -0.25) is 0 Å². The fourth-order valence-electron chi connectivity index (χ4n) is 2.33. The molecule has 0 saturated heterocycles. The van der Waals surface area contributed by atoms with Gasteiger partial charge in [-0.25, -0.2) is 13.2 Å². The first-order valence-corrected chi connectivity index (χ1v) is 7.34. The van der Waals surface area contributed by atoms with E-state index in [1.807, 2.05) is 6.92 Å². The SMILES string of the molecule is CC(NC(C)c1c(F)cccc1F)c1ccc(F)cc1Br. The van der Waals surface area contributed by atoms with E-state index in [4.69, 9.17) is 0 Å². The van der Waals surface area contributed by atoms with Crippen molar-refractivity contribution in [3.8, 4) is 0 Å². The van der Waals surface area contributed by atoms with Crippen LogP contribution in [0.25, 0.3) is 0 Å². The molecule has 0 aliphatic heterocycles. The van der Waals surface area contributed by atoms with Crippen LogP contribution in [0.2, 0.25) is 0 Å². The van der Waals surface area contributed by atoms with Gasteiger partial charge >= 0.3 is 0 Å². The number of hydrogen-bond acceptors (Lipinski definition) is 1. The Bertz CT molecular complexity index is 625. The first kappa shape index (κ1) is 16.0. The fraction of sp³-hybridized carbons (Fsp3) is 0.250. The Morgan fingerprint density at radius 2 is 1.57 bits per heavy atom. The number of hydrogen-bond donors (Lipinski definition) is 1. The van der Waals surface area contributed by atoms with Gasteiger partial charge < -0.3 is 5.32 Å². The summed E-state index contributed by atoms with van der Waals surface area (Å²) in [4.78, 5) is 0. The van der Waals surface area contributed by atoms with Crippen LogP contribution in [0.15, 0.2) is 40.9 Å². The van der Waals surface area contributed by atoms with Gasteiger partial charge in [0, 0.05) is 22.1 Å². The van der Waals surface area contributed by atoms with Crippen molar-refractivity contribution in [2.45, 2.75) is 25.9 Å². The molecule has 2 unspecified atom stereocenters. The van der Waals surface area contributed by atoms with Crippen LogP contribution in [0.5, 0.6) is 0 Å². The van der Waals surface area contributed by atoms with Crippen LogP contribution in [0.3, 0.4) is 0 Å². The lowest BCUT2D eigenvalue weighted by Gasteiger charge is -2.22. The van der Waals surface area contributed by atoms with Crippen LogP contribution in [-0.2, 0) is 0 Å². The summed E-state index contributed by atoms with van der Waals surface area (Å²) in [6, 6.07) is 7.44. The van der Waals surface area contributed by atoms with Gasteiger partial charge in [-0.2, -0.15) is 0 Å². The Morgan fingerprint density at radius 3 is 2.14 bits per heavy atom. The summed E-state index contributed by atoms with van der Waals surface area (Å²) < 4.78 is 41.2. The molecule has 2 atom stereocenters. The molecule has 0 aliphatic carbocycles. The smallest absolute Gasteiger partial charge is 0.130 e. The summed E-state index contributed by atoms with van der Waals surface area (Å²) in [7, 11) is 0. The highest BCUT2D eigenvalue weighted by Gasteiger charge is 2.19. The molecule has 1 N–H and O–H groups in total. The monoisotopic (exact) mass is 357 g/mol. The first-order valence-electron chi connectivity index (χ1n) is 6.55. The maximum Gasteiger partial charge on any atom is 0.130 e. The standard InChI is InChI=1S/C16H15BrF3N/c1-9(12-7-6-11(18)8-13(12)17)21-10(2)16-14(19)4-3-5-15(16)20/h3-10,21H,1-2H3. The van der Waals surface area contributed by atoms with E-state index in [0.717, 1.165) is 5.56 Å². The molecule has 0 aliphatic rings. The van der Waals surface area contributed by atoms with E-state index >= 15 is 0 Å². The summed E-state index contributed by atoms with van der Waals surface area (Å²) in [5.74, 6) is -1.51. The number of nitrogens with one attached hydrogen (secondary N) is 1. The predicted molar refractivity (Wildman–Crippen MR) is 80.4 cm³/mol. The number of halogens is 4. The van der Waals surface area contributed by atoms with Crippen molar-refractivity contribution in [1.29, 1.82) is 0 Å². The molecular formula is C16H15BrF3N. The summed E-state index contributed by atoms with van der Waals surface area (Å²) in [5, 5.41) is 3.12. The third-order valence-electron chi connectivity index (χ3n) is 3.36. The van der Waals surface area contributed by atoms with Crippen LogP contribution in [0.1, 0.15) is 37.1 Å². The minimum Gasteiger partial charge on any atom is -0.303 e. The van der Waals surface area contributed by atoms with Gasteiger partial charge in [0.15, 0.2) is 0 Å². The molecule has 0 radical (unpaired) electrons. The van der Waals surface area contributed by atoms with Crippen molar-refractivity contribution in [3.63, 3.8) is 0 Å². The second-order valence-corrected chi connectivity index (χ2v) is 5.77. The largest absolute Gasteiger partial charge is 0.303 e. The third kappa shape index (κ3) is 3.66. The minimum atomic E-state index is -0.583. The zero-order valence-electron chi connectivity index (χ0n) is 11.6. The maximum atomic E-state index is 13.7. The lowest BCUT2D eigenvalue weighted by Crippen LogP contribution is -2.24. The molecule has 0 heterocycles. The average Bonchev–Trinajstić information content (AvgIpc) is 2.37. The molecular weight excluding hydrogens is 343 g/mol. The van der Waals surface area contributed by atoms with E-state index in [1.165, 1.54) is 30.3 Å². The van der Waals surface area contributed by atoms with Gasteiger partial charge in [-0.05, 0) is 43.7 Å². The highest BCUT2D eigenvalue weighted by Crippen LogP contribution is 2.28. The Morgan fingerprint density at radius 1 is 0.952 bits per heavy atom. The van der Waals surface area contributed by atoms with Crippen LogP contribution in [0.4, 0.5) is 13.2 Å². The Hall–Kier alpha value is -1.33. The fourth-order valence-corrected chi connectivity index (χ4v) is 3.02. The van der Waals surface area contributed by atoms with E-state index in [9.17, 15) is 13.2 Å². The number of rotatable bonds is 4. The lowest BCUT2D eigenvalue weighted by atomic mass is 10.0. The third-order valence-corrected chi connectivity index (χ3v) is 4.05. The molecule has 5 heteroatoms. The van der Waals surface area contributed by atoms with Crippen LogP contribution in [-0.4, -0.2) is 0 Å². The quantitative estimate of drug-likeness (QED) is 0.784. The van der Waals surface area contributed by atoms with Gasteiger partial charge in [0.25, 0.3) is 0 Å². The van der Waals surface area contributed by atoms with Crippen molar-refractivity contribution in [2.75, 3.05) is 0 Å². The summed E-state index contributed by atoms with van der Waals surface area (Å²) in [6.45, 7) is 3.54. The van der Waals surface area contributed by atoms with Crippen LogP contribution < -0.4 is 5.32 Å². The summed E-state index contributed by atoms with van der Waals surface area (Å²) >= 11 is 3.29. The summed E-state index contributed by atoms with van der Waals surface area (Å²) in [6.07, 6.45) is 0. The molecule has 0 amide bonds. The van der Waals surface area contributed by atoms with Gasteiger partial charge in [0.1, 0.15) is 17.5 Å². The van der Waals surface area contributed by atoms with E-state index in [-0.39, 0.29) is 17.4 Å². The molecule has 2 aromatic rings. The van der Waals surface area contributed by atoms with Gasteiger partial charge in [0.05, 0.1) is 0 Å². The molecule has 21 heavy (non-hydrogen) atoms. The van der Waals surface area contributed by atoms with Crippen molar-refractivity contribution < 1.29 is 13.2 Å². The van der Waals surface area contributed by atoms with Crippen molar-refractivity contribution in [2.24, 2.45) is 0 Å². The lowest BCUT2D eigenvalue weighted by molar-refractivity contribution is 0.449. The van der Waals surface area contributed by atoms with Crippen LogP contribution in [0, 0.1) is 17.5 Å². The first-order chi connectivity index (χ1) is 9.90. The van der Waals surface area contributed by atoms with E-state index in [2.05, 4.69) is 21.2 Å². The second kappa shape index (κ2) is 6.62. The van der Waals surface area contributed by atoms with E-state index < -0.39 is 17.7 Å². The van der Waals surface area contributed by atoms with Crippen molar-refractivity contribution in [3.05, 3.63) is 69.4 Å². The molecule has 0 aromatic heterocycles. The molecule has 112 valence electrons. The Labute approximate surface area is 130 Å². The second-order valence-electron chi connectivity index (χ2n) is 4.91. The molecule has 0 spiro atoms. The van der Waals surface area contributed by atoms with E-state index in [0.29, 0.717) is 4.47 Å². The molecule has 2 aromatic carbocycles. The zero-order chi connectivity index (χ0) is 15.6. The molecule has 0 fully saturated rings. The molecule has 2 rings (SSSR count). The molecule has 0 saturated carbocycles. The molecule has 0 bridgehead atoms. The maximum absolute atomic E-state index is 13.7. The van der Waals surface area contributed by atoms with Crippen molar-refractivity contribution in [1.82, 2.24) is 5.32 Å². The normalized spacial score (nSPS) is 14.0. The Balaban J connectivity index is 2.21. The average molecular weight is 358 g/mol. The predicted octanol–water partition coefficient (Wildman–Crippen LogP) is 5.28.